The number of fused-ring (bicyclic) bond motifs is 12. The fraction of sp³-hybridized carbons (Fsp3) is 0.644. The zero-order valence-electron chi connectivity index (χ0n) is 63.0. The van der Waals surface area contributed by atoms with Crippen molar-refractivity contribution in [2.75, 3.05) is 169 Å². The maximum absolute atomic E-state index is 14.2. The standard InChI is InChI=1S/C73H107N12O25P/c1-52(17-22-65(92)93)51-111(101,102)107-36-9-15-58(72(99)100)77-62(89)19-18-53(71(97)98)45-55(86)12-3-2-8-24-74-61(88)23-37-103-39-41-105-43-44-106-42-40-104-38-26-76-60(87)20-21-64(91)84-46-54-11-4-5-13-56(54)70-69(57-14-6-7-16-59(57)84)78-79-85(70)27-10-25-75-63(90)47-80-28-30-81-32-34-83-35-33-82(31-29-80)49-67(95)109-73(108-66(94)48-81)110-68(96)50-83/h4-7,11,13-14,16,52-53,58,73H,2-3,8-10,12,15,17-51H2,1H3,(H,74,88)(H,75,90)(H,76,87)(H,77,89)(H,92,93)(H,97,98)(H,99,100)(H,101,102)/t52?,53-,58+/m1/s1. The van der Waals surface area contributed by atoms with Gasteiger partial charge >= 0.3 is 49.9 Å². The lowest BCUT2D eigenvalue weighted by molar-refractivity contribution is -0.258. The second kappa shape index (κ2) is 48.2. The number of nitrogens with zero attached hydrogens (tertiary/aromatic N) is 8. The Hall–Kier alpha value is -8.75. The lowest BCUT2D eigenvalue weighted by Gasteiger charge is -2.33. The Kier molecular flexibility index (Phi) is 38.9. The van der Waals surface area contributed by atoms with E-state index < -0.39 is 73.7 Å². The molecule has 7 rings (SSSR count). The number of carboxylic acids is 3. The molecular formula is C73H107N12O25P. The van der Waals surface area contributed by atoms with E-state index in [1.807, 2.05) is 72.8 Å². The number of para-hydroxylation sites is 1. The molecule has 3 fully saturated rings. The van der Waals surface area contributed by atoms with Crippen LogP contribution in [0.1, 0.15) is 109 Å². The quantitative estimate of drug-likeness (QED) is 0.0226. The fourth-order valence-electron chi connectivity index (χ4n) is 12.7. The van der Waals surface area contributed by atoms with Gasteiger partial charge in [-0.15, -0.1) is 5.10 Å². The van der Waals surface area contributed by atoms with Gasteiger partial charge in [0.2, 0.25) is 29.5 Å². The molecule has 614 valence electrons. The summed E-state index contributed by atoms with van der Waals surface area (Å²) in [6.07, 6.45) is 0.899. The molecule has 2 aromatic carbocycles. The maximum atomic E-state index is 14.2. The van der Waals surface area contributed by atoms with E-state index in [4.69, 9.17) is 42.8 Å². The predicted octanol–water partition coefficient (Wildman–Crippen LogP) is 1.65. The SMILES string of the molecule is CC(CCC(=O)O)CP(=O)(O)OCCC[C@H](NC(=O)CC[C@H](CC(=O)CCCCCNC(=O)CCOCCOCCOCCOCCNC(=O)CCC(=O)N1Cc2ccccc2-c2c(nnn2CCCNC(=O)CN2CCN3CCN4CCN(CC2)CC(=O)OC(OC(=O)C3)OC(=O)C4)-c2ccccc21)C(=O)O)C(=O)O. The van der Waals surface area contributed by atoms with Gasteiger partial charge < -0.3 is 84.1 Å². The maximum Gasteiger partial charge on any atom is 0.412 e. The van der Waals surface area contributed by atoms with E-state index in [1.54, 1.807) is 11.8 Å². The molecule has 0 aliphatic carbocycles. The molecule has 37 nitrogen and oxygen atoms in total. The molecule has 3 aromatic rings. The summed E-state index contributed by atoms with van der Waals surface area (Å²) in [7, 11) is -4.07. The molecule has 3 saturated heterocycles. The highest BCUT2D eigenvalue weighted by molar-refractivity contribution is 7.52. The number of aliphatic carboxylic acids is 3. The number of rotatable bonds is 48. The molecule has 4 bridgehead atoms. The summed E-state index contributed by atoms with van der Waals surface area (Å²) in [5, 5.41) is 48.3. The minimum Gasteiger partial charge on any atom is -0.481 e. The smallest absolute Gasteiger partial charge is 0.412 e. The summed E-state index contributed by atoms with van der Waals surface area (Å²) in [5.41, 5.74) is 4.31. The zero-order chi connectivity index (χ0) is 79.9. The number of aryl methyl sites for hydroxylation is 1. The van der Waals surface area contributed by atoms with Crippen LogP contribution in [-0.2, 0) is 113 Å². The fourth-order valence-corrected chi connectivity index (χ4v) is 14.2. The van der Waals surface area contributed by atoms with Gasteiger partial charge in [0.15, 0.2) is 0 Å². The first kappa shape index (κ1) is 89.5. The number of ketones is 1. The summed E-state index contributed by atoms with van der Waals surface area (Å²) in [6, 6.07) is 13.8. The van der Waals surface area contributed by atoms with Gasteiger partial charge in [-0.25, -0.2) is 9.48 Å². The van der Waals surface area contributed by atoms with Gasteiger partial charge in [-0.05, 0) is 62.5 Å². The van der Waals surface area contributed by atoms with Crippen LogP contribution in [0.3, 0.4) is 0 Å². The molecule has 5 amide bonds. The summed E-state index contributed by atoms with van der Waals surface area (Å²) < 4.78 is 57.2. The molecule has 0 spiro atoms. The van der Waals surface area contributed by atoms with Crippen molar-refractivity contribution < 1.29 is 120 Å². The Balaban J connectivity index is 0.694. The Labute approximate surface area is 643 Å². The van der Waals surface area contributed by atoms with Gasteiger partial charge in [-0.1, -0.05) is 61.0 Å². The second-order valence-electron chi connectivity index (χ2n) is 27.5. The molecule has 0 saturated carbocycles. The number of amides is 5. The summed E-state index contributed by atoms with van der Waals surface area (Å²) in [6.45, 7) is 6.38. The molecule has 5 heterocycles. The number of aromatic nitrogens is 3. The van der Waals surface area contributed by atoms with Gasteiger partial charge in [-0.3, -0.25) is 76.9 Å². The molecule has 6 atom stereocenters. The first-order chi connectivity index (χ1) is 53.4. The average Bonchev–Trinajstić information content (AvgIpc) is 1.71. The van der Waals surface area contributed by atoms with Crippen LogP contribution in [-0.4, -0.2) is 302 Å². The van der Waals surface area contributed by atoms with E-state index in [9.17, 15) is 77.2 Å². The number of Topliss-reactive ketones (excluding diaryl/α,β-unsaturated/α-hetero) is 1. The van der Waals surface area contributed by atoms with Crippen molar-refractivity contribution in [3.8, 4) is 22.5 Å². The number of hydrogen-bond donors (Lipinski definition) is 8. The van der Waals surface area contributed by atoms with Crippen LogP contribution >= 0.6 is 7.60 Å². The highest BCUT2D eigenvalue weighted by Gasteiger charge is 2.34. The van der Waals surface area contributed by atoms with Gasteiger partial charge in [0, 0.05) is 135 Å². The van der Waals surface area contributed by atoms with Crippen molar-refractivity contribution in [2.45, 2.75) is 129 Å². The average molecular weight is 1580 g/mol. The Morgan fingerprint density at radius 1 is 0.559 bits per heavy atom. The van der Waals surface area contributed by atoms with E-state index >= 15 is 0 Å². The van der Waals surface area contributed by atoms with Crippen LogP contribution in [0.2, 0.25) is 0 Å². The summed E-state index contributed by atoms with van der Waals surface area (Å²) in [4.78, 5) is 171. The van der Waals surface area contributed by atoms with Crippen LogP contribution in [0.15, 0.2) is 48.5 Å². The van der Waals surface area contributed by atoms with Gasteiger partial charge in [0.1, 0.15) is 17.5 Å². The lowest BCUT2D eigenvalue weighted by atomic mass is 9.94. The molecule has 4 unspecified atom stereocenters. The monoisotopic (exact) mass is 1580 g/mol. The van der Waals surface area contributed by atoms with Crippen molar-refractivity contribution in [1.82, 2.24) is 55.9 Å². The first-order valence-corrected chi connectivity index (χ1v) is 39.6. The Morgan fingerprint density at radius 2 is 1.13 bits per heavy atom. The van der Waals surface area contributed by atoms with E-state index in [2.05, 4.69) is 31.6 Å². The van der Waals surface area contributed by atoms with Crippen molar-refractivity contribution in [3.05, 3.63) is 54.1 Å². The van der Waals surface area contributed by atoms with Gasteiger partial charge in [0.05, 0.1) is 116 Å². The van der Waals surface area contributed by atoms with Crippen molar-refractivity contribution >= 4 is 84.4 Å². The highest BCUT2D eigenvalue weighted by Crippen LogP contribution is 2.45. The van der Waals surface area contributed by atoms with Crippen molar-refractivity contribution in [2.24, 2.45) is 11.8 Å². The molecule has 8 N–H and O–H groups in total. The zero-order valence-corrected chi connectivity index (χ0v) is 63.9. The Morgan fingerprint density at radius 3 is 1.76 bits per heavy atom. The number of carbonyl (C=O) groups is 12. The molecule has 0 radical (unpaired) electrons. The molecule has 4 aliphatic rings. The summed E-state index contributed by atoms with van der Waals surface area (Å²) in [5.74, 6) is -9.43. The molecule has 4 aliphatic heterocycles. The summed E-state index contributed by atoms with van der Waals surface area (Å²) >= 11 is 0. The molecule has 111 heavy (non-hydrogen) atoms. The number of anilines is 1. The molecular weight excluding hydrogens is 1480 g/mol. The number of esters is 3. The van der Waals surface area contributed by atoms with Gasteiger partial charge in [0.25, 0.3) is 0 Å². The van der Waals surface area contributed by atoms with Crippen molar-refractivity contribution in [1.29, 1.82) is 0 Å². The minimum atomic E-state index is -4.07. The number of ether oxygens (including phenoxy) is 7. The van der Waals surface area contributed by atoms with Crippen LogP contribution in [0.25, 0.3) is 22.5 Å². The van der Waals surface area contributed by atoms with E-state index in [-0.39, 0.29) is 192 Å². The van der Waals surface area contributed by atoms with E-state index in [0.29, 0.717) is 128 Å². The minimum absolute atomic E-state index is 0.00895. The molecule has 38 heteroatoms. The van der Waals surface area contributed by atoms with E-state index in [0.717, 1.165) is 16.8 Å². The third kappa shape index (κ3) is 33.6. The lowest BCUT2D eigenvalue weighted by Crippen LogP contribution is -2.50. The third-order valence-corrected chi connectivity index (χ3v) is 20.3. The topological polar surface area (TPSA) is 472 Å². The van der Waals surface area contributed by atoms with Crippen molar-refractivity contribution in [3.63, 3.8) is 0 Å². The number of benzene rings is 2. The normalized spacial score (nSPS) is 18.8. The Bertz CT molecular complexity index is 3590. The molecule has 1 aromatic heterocycles. The second-order valence-corrected chi connectivity index (χ2v) is 29.4. The van der Waals surface area contributed by atoms with E-state index in [1.165, 1.54) is 0 Å². The number of carboxylic acid groups (broad SMARTS) is 3. The van der Waals surface area contributed by atoms with Crippen LogP contribution in [0, 0.1) is 11.8 Å². The van der Waals surface area contributed by atoms with Gasteiger partial charge in [-0.2, -0.15) is 0 Å². The number of unbranched alkanes of at least 4 members (excludes halogenated alkanes) is 2. The predicted molar refractivity (Wildman–Crippen MR) is 395 cm³/mol. The third-order valence-electron chi connectivity index (χ3n) is 18.7. The number of carbonyl (C=O) groups excluding carboxylic acids is 9. The van der Waals surface area contributed by atoms with Crippen LogP contribution < -0.4 is 26.2 Å². The van der Waals surface area contributed by atoms with Crippen LogP contribution in [0.5, 0.6) is 0 Å². The number of nitrogens with one attached hydrogen (secondary N) is 4. The first-order valence-electron chi connectivity index (χ1n) is 37.8. The highest BCUT2D eigenvalue weighted by atomic mass is 31.2. The number of hydrogen-bond acceptors (Lipinski definition) is 27. The van der Waals surface area contributed by atoms with Crippen LogP contribution in [0.4, 0.5) is 5.69 Å². The largest absolute Gasteiger partial charge is 0.481 e.